The molecule has 2 aromatic heterocycles. The number of hydrogen-bond acceptors (Lipinski definition) is 5. The van der Waals surface area contributed by atoms with Crippen molar-refractivity contribution in [1.29, 1.82) is 0 Å². The highest BCUT2D eigenvalue weighted by atomic mass is 32.2. The summed E-state index contributed by atoms with van der Waals surface area (Å²) in [5, 5.41) is 8.34. The van der Waals surface area contributed by atoms with Gasteiger partial charge in [-0.25, -0.2) is 17.8 Å². The summed E-state index contributed by atoms with van der Waals surface area (Å²) >= 11 is 0. The molecule has 10 heteroatoms. The molecule has 148 valence electrons. The molecule has 0 fully saturated rings. The molecule has 0 amide bonds. The van der Waals surface area contributed by atoms with Gasteiger partial charge in [0, 0.05) is 11.6 Å². The lowest BCUT2D eigenvalue weighted by atomic mass is 10.2. The van der Waals surface area contributed by atoms with Crippen molar-refractivity contribution in [3.63, 3.8) is 0 Å². The number of fused-ring (bicyclic) bond motifs is 1. The van der Waals surface area contributed by atoms with Gasteiger partial charge in [-0.2, -0.15) is 19.0 Å². The number of halogens is 2. The van der Waals surface area contributed by atoms with Crippen molar-refractivity contribution >= 4 is 20.6 Å². The Morgan fingerprint density at radius 3 is 2.45 bits per heavy atom. The third kappa shape index (κ3) is 3.54. The number of aromatic nitrogens is 4. The van der Waals surface area contributed by atoms with Gasteiger partial charge in [-0.15, -0.1) is 0 Å². The van der Waals surface area contributed by atoms with Crippen LogP contribution in [0.5, 0.6) is 0 Å². The van der Waals surface area contributed by atoms with E-state index in [1.165, 1.54) is 42.6 Å². The van der Waals surface area contributed by atoms with Crippen molar-refractivity contribution in [3.8, 4) is 0 Å². The summed E-state index contributed by atoms with van der Waals surface area (Å²) in [7, 11) is -3.73. The van der Waals surface area contributed by atoms with Gasteiger partial charge in [-0.05, 0) is 36.4 Å². The molecule has 0 aliphatic heterocycles. The van der Waals surface area contributed by atoms with Crippen LogP contribution >= 0.6 is 0 Å². The second-order valence-corrected chi connectivity index (χ2v) is 8.19. The second kappa shape index (κ2) is 7.21. The summed E-state index contributed by atoms with van der Waals surface area (Å²) in [5.41, 5.74) is -0.222. The first-order valence-electron chi connectivity index (χ1n) is 8.48. The predicted octanol–water partition coefficient (Wildman–Crippen LogP) is 2.87. The van der Waals surface area contributed by atoms with Gasteiger partial charge in [0.05, 0.1) is 33.6 Å². The topological polar surface area (TPSA) is 86.9 Å². The zero-order chi connectivity index (χ0) is 20.6. The predicted molar refractivity (Wildman–Crippen MR) is 100 cm³/mol. The molecule has 7 nitrogen and oxygen atoms in total. The summed E-state index contributed by atoms with van der Waals surface area (Å²) in [4.78, 5) is 12.9. The maximum atomic E-state index is 12.8. The molecule has 4 aromatic rings. The number of nitrogens with zero attached hydrogens (tertiary/aromatic N) is 4. The minimum Gasteiger partial charge on any atom is -0.267 e. The number of hydrogen-bond donors (Lipinski definition) is 0. The largest absolute Gasteiger partial charge is 0.333 e. The summed E-state index contributed by atoms with van der Waals surface area (Å²) in [6.07, 6.45) is 2.48. The average Bonchev–Trinajstić information content (AvgIpc) is 3.19. The van der Waals surface area contributed by atoms with Crippen molar-refractivity contribution in [3.05, 3.63) is 83.0 Å². The minimum atomic E-state index is -3.73. The van der Waals surface area contributed by atoms with Gasteiger partial charge in [-0.1, -0.05) is 18.2 Å². The van der Waals surface area contributed by atoms with Crippen LogP contribution in [-0.4, -0.2) is 28.0 Å². The zero-order valence-electron chi connectivity index (χ0n) is 14.8. The quantitative estimate of drug-likeness (QED) is 0.499. The fraction of sp³-hybridized carbons (Fsp3) is 0.105. The van der Waals surface area contributed by atoms with E-state index in [1.54, 1.807) is 18.2 Å². The van der Waals surface area contributed by atoms with Crippen LogP contribution in [-0.2, 0) is 16.4 Å². The minimum absolute atomic E-state index is 0.0471. The molecule has 0 unspecified atom stereocenters. The van der Waals surface area contributed by atoms with Gasteiger partial charge in [0.25, 0.3) is 5.56 Å². The monoisotopic (exact) mass is 416 g/mol. The molecule has 0 N–H and O–H groups in total. The lowest BCUT2D eigenvalue weighted by Crippen LogP contribution is -2.23. The lowest BCUT2D eigenvalue weighted by Gasteiger charge is -2.08. The highest BCUT2D eigenvalue weighted by molar-refractivity contribution is 7.91. The normalized spacial score (nSPS) is 12.0. The first-order valence-corrected chi connectivity index (χ1v) is 9.97. The molecule has 4 rings (SSSR count). The molecule has 0 spiro atoms. The van der Waals surface area contributed by atoms with Crippen LogP contribution in [0.2, 0.25) is 0 Å². The molecule has 0 saturated carbocycles. The van der Waals surface area contributed by atoms with E-state index in [1.807, 2.05) is 0 Å². The van der Waals surface area contributed by atoms with Crippen molar-refractivity contribution in [2.45, 2.75) is 22.9 Å². The van der Waals surface area contributed by atoms with E-state index in [9.17, 15) is 22.0 Å². The Balaban J connectivity index is 1.71. The zero-order valence-corrected chi connectivity index (χ0v) is 15.6. The number of rotatable bonds is 5. The van der Waals surface area contributed by atoms with Crippen LogP contribution in [0.3, 0.4) is 0 Å². The average molecular weight is 416 g/mol. The molecule has 2 heterocycles. The fourth-order valence-corrected chi connectivity index (χ4v) is 4.22. The first kappa shape index (κ1) is 18.9. The van der Waals surface area contributed by atoms with Crippen molar-refractivity contribution < 1.29 is 17.2 Å². The molecule has 29 heavy (non-hydrogen) atoms. The van der Waals surface area contributed by atoms with E-state index >= 15 is 0 Å². The highest BCUT2D eigenvalue weighted by Crippen LogP contribution is 2.23. The SMILES string of the molecule is O=c1c2ccc(S(=O)(=O)c3ccccc3)cc2cnn1Cc1ccn(C(F)F)n1. The smallest absolute Gasteiger partial charge is 0.267 e. The van der Waals surface area contributed by atoms with E-state index < -0.39 is 21.9 Å². The van der Waals surface area contributed by atoms with E-state index in [4.69, 9.17) is 0 Å². The Morgan fingerprint density at radius 2 is 1.76 bits per heavy atom. The maximum Gasteiger partial charge on any atom is 0.333 e. The van der Waals surface area contributed by atoms with Crippen LogP contribution in [0.15, 0.2) is 81.6 Å². The lowest BCUT2D eigenvalue weighted by molar-refractivity contribution is 0.0561. The van der Waals surface area contributed by atoms with Gasteiger partial charge >= 0.3 is 6.55 Å². The number of benzene rings is 2. The molecule has 0 radical (unpaired) electrons. The third-order valence-electron chi connectivity index (χ3n) is 4.36. The van der Waals surface area contributed by atoms with Crippen LogP contribution < -0.4 is 5.56 Å². The number of alkyl halides is 2. The molecule has 0 bridgehead atoms. The van der Waals surface area contributed by atoms with Gasteiger partial charge in [-0.3, -0.25) is 4.79 Å². The fourth-order valence-electron chi connectivity index (χ4n) is 2.91. The van der Waals surface area contributed by atoms with Gasteiger partial charge in [0.1, 0.15) is 0 Å². The second-order valence-electron chi connectivity index (χ2n) is 6.24. The Morgan fingerprint density at radius 1 is 1.00 bits per heavy atom. The van der Waals surface area contributed by atoms with Crippen molar-refractivity contribution in [1.82, 2.24) is 19.6 Å². The number of sulfone groups is 1. The Kier molecular flexibility index (Phi) is 4.71. The third-order valence-corrected chi connectivity index (χ3v) is 6.13. The maximum absolute atomic E-state index is 12.8. The molecule has 0 aliphatic carbocycles. The van der Waals surface area contributed by atoms with Crippen LogP contribution in [0.1, 0.15) is 12.2 Å². The molecule has 0 saturated heterocycles. The summed E-state index contributed by atoms with van der Waals surface area (Å²) in [6, 6.07) is 13.5. The van der Waals surface area contributed by atoms with Gasteiger partial charge < -0.3 is 0 Å². The first-order chi connectivity index (χ1) is 13.9. The molecule has 0 aliphatic rings. The van der Waals surface area contributed by atoms with Crippen molar-refractivity contribution in [2.75, 3.05) is 0 Å². The summed E-state index contributed by atoms with van der Waals surface area (Å²) in [5.74, 6) is 0. The van der Waals surface area contributed by atoms with E-state index in [2.05, 4.69) is 10.2 Å². The van der Waals surface area contributed by atoms with Gasteiger partial charge in [0.2, 0.25) is 9.84 Å². The van der Waals surface area contributed by atoms with Crippen LogP contribution in [0.4, 0.5) is 8.78 Å². The van der Waals surface area contributed by atoms with Crippen molar-refractivity contribution in [2.24, 2.45) is 0 Å². The molecular weight excluding hydrogens is 402 g/mol. The summed E-state index contributed by atoms with van der Waals surface area (Å²) < 4.78 is 52.3. The molecular formula is C19H14F2N4O3S. The molecule has 0 atom stereocenters. The van der Waals surface area contributed by atoms with Crippen LogP contribution in [0.25, 0.3) is 10.8 Å². The standard InChI is InChI=1S/C19H14F2N4O3S/c20-19(21)24-9-8-14(23-24)12-25-18(26)17-7-6-16(10-13(17)11-22-25)29(27,28)15-4-2-1-3-5-15/h1-11,19H,12H2. The molecule has 2 aromatic carbocycles. The van der Waals surface area contributed by atoms with Gasteiger partial charge in [0.15, 0.2) is 0 Å². The Labute approximate surface area is 163 Å². The van der Waals surface area contributed by atoms with E-state index in [0.29, 0.717) is 10.1 Å². The summed E-state index contributed by atoms with van der Waals surface area (Å²) in [6.45, 7) is -2.85. The van der Waals surface area contributed by atoms with E-state index in [-0.39, 0.29) is 27.4 Å². The Hall–Kier alpha value is -3.40. The van der Waals surface area contributed by atoms with Crippen LogP contribution in [0, 0.1) is 0 Å². The van der Waals surface area contributed by atoms with E-state index in [0.717, 1.165) is 10.9 Å². The Bertz CT molecular complexity index is 1350. The highest BCUT2D eigenvalue weighted by Gasteiger charge is 2.18.